The van der Waals surface area contributed by atoms with Crippen molar-refractivity contribution in [3.05, 3.63) is 35.9 Å². The lowest BCUT2D eigenvalue weighted by Crippen LogP contribution is -2.43. The summed E-state index contributed by atoms with van der Waals surface area (Å²) in [6.45, 7) is 3.92. The minimum atomic E-state index is -0.439. The molecule has 0 aromatic heterocycles. The van der Waals surface area contributed by atoms with Crippen LogP contribution in [0.4, 0.5) is 0 Å². The smallest absolute Gasteiger partial charge is 0.0870 e. The Hall–Kier alpha value is -1.35. The van der Waals surface area contributed by atoms with Crippen LogP contribution in [-0.4, -0.2) is 30.4 Å². The Morgan fingerprint density at radius 1 is 1.20 bits per heavy atom. The lowest BCUT2D eigenvalue weighted by molar-refractivity contribution is 0.431. The zero-order valence-corrected chi connectivity index (χ0v) is 9.86. The van der Waals surface area contributed by atoms with Gasteiger partial charge in [-0.3, -0.25) is 0 Å². The number of benzene rings is 1. The van der Waals surface area contributed by atoms with E-state index in [2.05, 4.69) is 5.10 Å². The molecule has 0 fully saturated rings. The Labute approximate surface area is 91.6 Å². The molecular formula is C12H19N3. The molecular weight excluding hydrogens is 186 g/mol. The number of hydrogen-bond donors (Lipinski definition) is 1. The van der Waals surface area contributed by atoms with E-state index in [9.17, 15) is 0 Å². The molecule has 0 spiro atoms. The summed E-state index contributed by atoms with van der Waals surface area (Å²) in [6, 6.07) is 10.0. The first-order valence-electron chi connectivity index (χ1n) is 5.02. The fourth-order valence-corrected chi connectivity index (χ4v) is 1.35. The van der Waals surface area contributed by atoms with Gasteiger partial charge >= 0.3 is 0 Å². The van der Waals surface area contributed by atoms with Gasteiger partial charge in [0.05, 0.1) is 11.3 Å². The van der Waals surface area contributed by atoms with Crippen molar-refractivity contribution in [2.75, 3.05) is 14.1 Å². The summed E-state index contributed by atoms with van der Waals surface area (Å²) < 4.78 is 0. The quantitative estimate of drug-likeness (QED) is 0.602. The molecule has 82 valence electrons. The lowest BCUT2D eigenvalue weighted by Gasteiger charge is -2.23. The van der Waals surface area contributed by atoms with Gasteiger partial charge < -0.3 is 10.7 Å². The monoisotopic (exact) mass is 205 g/mol. The van der Waals surface area contributed by atoms with Crippen LogP contribution in [0.15, 0.2) is 35.4 Å². The van der Waals surface area contributed by atoms with Gasteiger partial charge in [-0.1, -0.05) is 30.3 Å². The van der Waals surface area contributed by atoms with E-state index in [1.807, 2.05) is 58.3 Å². The van der Waals surface area contributed by atoms with E-state index in [1.54, 1.807) is 5.01 Å². The molecule has 3 heteroatoms. The summed E-state index contributed by atoms with van der Waals surface area (Å²) in [4.78, 5) is 0. The third kappa shape index (κ3) is 3.36. The average Bonchev–Trinajstić information content (AvgIpc) is 2.14. The van der Waals surface area contributed by atoms with E-state index in [4.69, 9.17) is 5.73 Å². The van der Waals surface area contributed by atoms with Crippen LogP contribution in [0.3, 0.4) is 0 Å². The maximum absolute atomic E-state index is 6.10. The Morgan fingerprint density at radius 3 is 2.13 bits per heavy atom. The Morgan fingerprint density at radius 2 is 1.73 bits per heavy atom. The van der Waals surface area contributed by atoms with E-state index in [-0.39, 0.29) is 0 Å². The van der Waals surface area contributed by atoms with Gasteiger partial charge in [0.2, 0.25) is 0 Å². The molecule has 2 N–H and O–H groups in total. The van der Waals surface area contributed by atoms with Crippen LogP contribution < -0.4 is 5.73 Å². The first-order valence-corrected chi connectivity index (χ1v) is 5.02. The van der Waals surface area contributed by atoms with Gasteiger partial charge in [-0.2, -0.15) is 5.10 Å². The second kappa shape index (κ2) is 4.45. The third-order valence-corrected chi connectivity index (χ3v) is 1.96. The second-order valence-corrected chi connectivity index (χ2v) is 4.38. The number of nitrogens with two attached hydrogens (primary N) is 1. The average molecular weight is 205 g/mol. The van der Waals surface area contributed by atoms with Gasteiger partial charge in [0.1, 0.15) is 0 Å². The molecule has 1 rings (SSSR count). The zero-order chi connectivity index (χ0) is 11.5. The first-order chi connectivity index (χ1) is 6.91. The molecule has 3 nitrogen and oxygen atoms in total. The van der Waals surface area contributed by atoms with Crippen molar-refractivity contribution in [3.63, 3.8) is 0 Å². The highest BCUT2D eigenvalue weighted by atomic mass is 15.4. The van der Waals surface area contributed by atoms with Crippen LogP contribution >= 0.6 is 0 Å². The summed E-state index contributed by atoms with van der Waals surface area (Å²) in [5, 5.41) is 6.22. The maximum atomic E-state index is 6.10. The van der Waals surface area contributed by atoms with Gasteiger partial charge in [-0.15, -0.1) is 0 Å². The van der Waals surface area contributed by atoms with Crippen molar-refractivity contribution in [1.82, 2.24) is 5.01 Å². The predicted molar refractivity (Wildman–Crippen MR) is 64.9 cm³/mol. The molecule has 0 unspecified atom stereocenters. The highest BCUT2D eigenvalue weighted by Crippen LogP contribution is 2.12. The molecule has 1 aromatic rings. The Balaban J connectivity index is 3.15. The SMILES string of the molecule is CN(C)/N=C(/c1ccccc1)C(C)(C)N. The van der Waals surface area contributed by atoms with Crippen LogP contribution in [0.5, 0.6) is 0 Å². The van der Waals surface area contributed by atoms with Crippen molar-refractivity contribution >= 4 is 5.71 Å². The number of hydrogen-bond acceptors (Lipinski definition) is 3. The van der Waals surface area contributed by atoms with Crippen molar-refractivity contribution in [2.45, 2.75) is 19.4 Å². The molecule has 15 heavy (non-hydrogen) atoms. The Kier molecular flexibility index (Phi) is 3.48. The second-order valence-electron chi connectivity index (χ2n) is 4.38. The summed E-state index contributed by atoms with van der Waals surface area (Å²) in [6.07, 6.45) is 0. The molecule has 0 aliphatic rings. The predicted octanol–water partition coefficient (Wildman–Crippen LogP) is 1.69. The third-order valence-electron chi connectivity index (χ3n) is 1.96. The summed E-state index contributed by atoms with van der Waals surface area (Å²) >= 11 is 0. The van der Waals surface area contributed by atoms with E-state index in [0.29, 0.717) is 0 Å². The Bertz CT molecular complexity index is 334. The lowest BCUT2D eigenvalue weighted by atomic mass is 9.93. The first kappa shape index (κ1) is 11.7. The van der Waals surface area contributed by atoms with Crippen LogP contribution in [0.1, 0.15) is 19.4 Å². The van der Waals surface area contributed by atoms with Gasteiger partial charge in [-0.25, -0.2) is 0 Å². The highest BCUT2D eigenvalue weighted by Gasteiger charge is 2.21. The van der Waals surface area contributed by atoms with Crippen LogP contribution in [-0.2, 0) is 0 Å². The molecule has 0 bridgehead atoms. The van der Waals surface area contributed by atoms with Crippen molar-refractivity contribution in [3.8, 4) is 0 Å². The number of rotatable bonds is 3. The van der Waals surface area contributed by atoms with Gasteiger partial charge in [0.25, 0.3) is 0 Å². The maximum Gasteiger partial charge on any atom is 0.0870 e. The van der Waals surface area contributed by atoms with Gasteiger partial charge in [-0.05, 0) is 19.4 Å². The summed E-state index contributed by atoms with van der Waals surface area (Å²) in [5.74, 6) is 0. The molecule has 0 radical (unpaired) electrons. The minimum absolute atomic E-state index is 0.439. The van der Waals surface area contributed by atoms with E-state index >= 15 is 0 Å². The topological polar surface area (TPSA) is 41.6 Å². The van der Waals surface area contributed by atoms with Crippen molar-refractivity contribution in [1.29, 1.82) is 0 Å². The number of nitrogens with zero attached hydrogens (tertiary/aromatic N) is 2. The standard InChI is InChI=1S/C12H19N3/c1-12(2,13)11(14-15(3)4)10-8-6-5-7-9-10/h5-9H,13H2,1-4H3/b14-11-. The molecule has 0 atom stereocenters. The van der Waals surface area contributed by atoms with Crippen molar-refractivity contribution < 1.29 is 0 Å². The number of hydrazone groups is 1. The van der Waals surface area contributed by atoms with E-state index in [0.717, 1.165) is 11.3 Å². The summed E-state index contributed by atoms with van der Waals surface area (Å²) in [7, 11) is 3.80. The van der Waals surface area contributed by atoms with Crippen molar-refractivity contribution in [2.24, 2.45) is 10.8 Å². The molecule has 0 heterocycles. The molecule has 1 aromatic carbocycles. The van der Waals surface area contributed by atoms with Crippen LogP contribution in [0.2, 0.25) is 0 Å². The molecule has 0 saturated carbocycles. The van der Waals surface area contributed by atoms with Gasteiger partial charge in [0.15, 0.2) is 0 Å². The van der Waals surface area contributed by atoms with Crippen LogP contribution in [0.25, 0.3) is 0 Å². The van der Waals surface area contributed by atoms with E-state index < -0.39 is 5.54 Å². The normalized spacial score (nSPS) is 12.7. The summed E-state index contributed by atoms with van der Waals surface area (Å²) in [5.41, 5.74) is 7.63. The fraction of sp³-hybridized carbons (Fsp3) is 0.417. The molecule has 0 amide bonds. The fourth-order valence-electron chi connectivity index (χ4n) is 1.35. The zero-order valence-electron chi connectivity index (χ0n) is 9.86. The molecule has 0 aliphatic heterocycles. The highest BCUT2D eigenvalue weighted by molar-refractivity contribution is 6.06. The largest absolute Gasteiger partial charge is 0.320 e. The minimum Gasteiger partial charge on any atom is -0.320 e. The molecule has 0 aliphatic carbocycles. The van der Waals surface area contributed by atoms with Gasteiger partial charge in [0, 0.05) is 14.1 Å². The van der Waals surface area contributed by atoms with E-state index in [1.165, 1.54) is 0 Å². The van der Waals surface area contributed by atoms with Crippen LogP contribution in [0, 0.1) is 0 Å². The molecule has 0 saturated heterocycles.